The highest BCUT2D eigenvalue weighted by atomic mass is 15.3. The first kappa shape index (κ1) is 12.2. The van der Waals surface area contributed by atoms with Crippen LogP contribution in [0, 0.1) is 12.8 Å². The molecule has 5 heterocycles. The topological polar surface area (TPSA) is 40.2 Å². The molecule has 4 heteroatoms. The number of piperidine rings is 3. The normalized spacial score (nSPS) is 35.0. The van der Waals surface area contributed by atoms with Crippen molar-refractivity contribution >= 4 is 5.82 Å². The van der Waals surface area contributed by atoms with E-state index in [1.807, 2.05) is 25.1 Å². The maximum absolute atomic E-state index is 4.52. The van der Waals surface area contributed by atoms with E-state index in [2.05, 4.69) is 26.6 Å². The fourth-order valence-corrected chi connectivity index (χ4v) is 4.03. The van der Waals surface area contributed by atoms with E-state index >= 15 is 0 Å². The third-order valence-electron chi connectivity index (χ3n) is 5.08. The minimum atomic E-state index is 0.280. The standard InChI is InChI=1S/C16H22N4/c1-12-3-2-4-14(17-12)18-15-5-8-16(19-15)11-20-9-6-13(16)7-10-20/h2-5,13,19H,6-11H2,1H3,(H,17,18)/t16-/m0/s1. The minimum absolute atomic E-state index is 0.280. The quantitative estimate of drug-likeness (QED) is 0.863. The van der Waals surface area contributed by atoms with Crippen LogP contribution in [0.5, 0.6) is 0 Å². The van der Waals surface area contributed by atoms with Crippen LogP contribution in [0.1, 0.15) is 25.0 Å². The lowest BCUT2D eigenvalue weighted by Gasteiger charge is -2.52. The van der Waals surface area contributed by atoms with Crippen LogP contribution in [0.25, 0.3) is 0 Å². The molecule has 1 aromatic heterocycles. The Morgan fingerprint density at radius 1 is 1.35 bits per heavy atom. The molecule has 0 saturated carbocycles. The van der Waals surface area contributed by atoms with Crippen LogP contribution in [0.4, 0.5) is 5.82 Å². The molecule has 4 aliphatic rings. The molecular weight excluding hydrogens is 248 g/mol. The number of fused-ring (bicyclic) bond motifs is 2. The summed E-state index contributed by atoms with van der Waals surface area (Å²) >= 11 is 0. The van der Waals surface area contributed by atoms with Gasteiger partial charge < -0.3 is 15.5 Å². The van der Waals surface area contributed by atoms with Gasteiger partial charge >= 0.3 is 0 Å². The molecule has 5 rings (SSSR count). The summed E-state index contributed by atoms with van der Waals surface area (Å²) in [7, 11) is 0. The van der Waals surface area contributed by atoms with Crippen molar-refractivity contribution in [3.05, 3.63) is 35.8 Å². The van der Waals surface area contributed by atoms with E-state index in [-0.39, 0.29) is 5.54 Å². The maximum Gasteiger partial charge on any atom is 0.131 e. The predicted molar refractivity (Wildman–Crippen MR) is 80.3 cm³/mol. The average Bonchev–Trinajstić information content (AvgIpc) is 2.83. The first-order valence-electron chi connectivity index (χ1n) is 7.65. The molecule has 2 N–H and O–H groups in total. The van der Waals surface area contributed by atoms with Gasteiger partial charge in [0.1, 0.15) is 11.6 Å². The van der Waals surface area contributed by atoms with Crippen LogP contribution in [-0.2, 0) is 0 Å². The molecular formula is C16H22N4. The summed E-state index contributed by atoms with van der Waals surface area (Å²) in [5.74, 6) is 2.90. The Balaban J connectivity index is 1.48. The third kappa shape index (κ3) is 1.99. The molecule has 20 heavy (non-hydrogen) atoms. The number of aromatic nitrogens is 1. The van der Waals surface area contributed by atoms with Gasteiger partial charge in [-0.25, -0.2) is 4.98 Å². The fourth-order valence-electron chi connectivity index (χ4n) is 4.03. The zero-order valence-corrected chi connectivity index (χ0v) is 12.0. The Labute approximate surface area is 120 Å². The van der Waals surface area contributed by atoms with Crippen LogP contribution >= 0.6 is 0 Å². The fraction of sp³-hybridized carbons (Fsp3) is 0.562. The van der Waals surface area contributed by atoms with Crippen molar-refractivity contribution in [3.8, 4) is 0 Å². The second-order valence-electron chi connectivity index (χ2n) is 6.44. The van der Waals surface area contributed by atoms with E-state index in [0.717, 1.165) is 29.7 Å². The van der Waals surface area contributed by atoms with Gasteiger partial charge in [0, 0.05) is 12.2 Å². The molecule has 0 radical (unpaired) electrons. The van der Waals surface area contributed by atoms with Crippen molar-refractivity contribution in [3.63, 3.8) is 0 Å². The van der Waals surface area contributed by atoms with Crippen molar-refractivity contribution < 1.29 is 0 Å². The molecule has 3 saturated heterocycles. The smallest absolute Gasteiger partial charge is 0.131 e. The van der Waals surface area contributed by atoms with E-state index in [9.17, 15) is 0 Å². The summed E-state index contributed by atoms with van der Waals surface area (Å²) in [6.45, 7) is 5.80. The lowest BCUT2D eigenvalue weighted by molar-refractivity contribution is 0.0189. The summed E-state index contributed by atoms with van der Waals surface area (Å²) < 4.78 is 0. The molecule has 106 valence electrons. The second kappa shape index (κ2) is 4.48. The Morgan fingerprint density at radius 3 is 2.90 bits per heavy atom. The lowest BCUT2D eigenvalue weighted by atomic mass is 9.72. The van der Waals surface area contributed by atoms with E-state index in [0.29, 0.717) is 0 Å². The number of hydrogen-bond acceptors (Lipinski definition) is 4. The Kier molecular flexibility index (Phi) is 2.74. The third-order valence-corrected chi connectivity index (χ3v) is 5.08. The molecule has 0 aliphatic carbocycles. The summed E-state index contributed by atoms with van der Waals surface area (Å²) in [4.78, 5) is 7.12. The Morgan fingerprint density at radius 2 is 2.20 bits per heavy atom. The molecule has 3 fully saturated rings. The van der Waals surface area contributed by atoms with Gasteiger partial charge in [-0.2, -0.15) is 0 Å². The molecule has 1 aromatic rings. The van der Waals surface area contributed by atoms with Gasteiger partial charge in [0.15, 0.2) is 0 Å². The predicted octanol–water partition coefficient (Wildman–Crippen LogP) is 2.10. The number of anilines is 1. The molecule has 2 bridgehead atoms. The zero-order chi connectivity index (χ0) is 13.6. The van der Waals surface area contributed by atoms with Crippen molar-refractivity contribution in [2.75, 3.05) is 25.0 Å². The highest BCUT2D eigenvalue weighted by Gasteiger charge is 2.48. The molecule has 0 aromatic carbocycles. The molecule has 1 atom stereocenters. The van der Waals surface area contributed by atoms with E-state index in [1.165, 1.54) is 32.5 Å². The van der Waals surface area contributed by atoms with Gasteiger partial charge in [-0.1, -0.05) is 6.07 Å². The highest BCUT2D eigenvalue weighted by Crippen LogP contribution is 2.41. The van der Waals surface area contributed by atoms with E-state index < -0.39 is 0 Å². The van der Waals surface area contributed by atoms with Crippen LogP contribution in [0.2, 0.25) is 0 Å². The SMILES string of the molecule is Cc1cccc(NC2=CC[C@@]3(CN4CCC3CC4)N2)n1. The highest BCUT2D eigenvalue weighted by molar-refractivity contribution is 5.43. The number of nitrogens with zero attached hydrogens (tertiary/aromatic N) is 2. The van der Waals surface area contributed by atoms with Gasteiger partial charge in [0.05, 0.1) is 5.54 Å². The summed E-state index contributed by atoms with van der Waals surface area (Å²) in [6.07, 6.45) is 6.14. The van der Waals surface area contributed by atoms with Crippen LogP contribution in [-0.4, -0.2) is 35.1 Å². The van der Waals surface area contributed by atoms with Crippen molar-refractivity contribution in [1.82, 2.24) is 15.2 Å². The van der Waals surface area contributed by atoms with Gasteiger partial charge in [0.25, 0.3) is 0 Å². The molecule has 1 spiro atoms. The Hall–Kier alpha value is -1.55. The summed E-state index contributed by atoms with van der Waals surface area (Å²) in [6, 6.07) is 6.09. The van der Waals surface area contributed by atoms with Crippen LogP contribution < -0.4 is 10.6 Å². The number of rotatable bonds is 2. The van der Waals surface area contributed by atoms with E-state index in [1.54, 1.807) is 0 Å². The number of aryl methyl sites for hydroxylation is 1. The van der Waals surface area contributed by atoms with Gasteiger partial charge in [-0.15, -0.1) is 0 Å². The summed E-state index contributed by atoms with van der Waals surface area (Å²) in [5.41, 5.74) is 1.33. The van der Waals surface area contributed by atoms with Crippen LogP contribution in [0.15, 0.2) is 30.1 Å². The minimum Gasteiger partial charge on any atom is -0.365 e. The molecule has 4 nitrogen and oxygen atoms in total. The van der Waals surface area contributed by atoms with E-state index in [4.69, 9.17) is 0 Å². The monoisotopic (exact) mass is 270 g/mol. The lowest BCUT2D eigenvalue weighted by Crippen LogP contribution is -2.64. The van der Waals surface area contributed by atoms with Gasteiger partial charge in [0.2, 0.25) is 0 Å². The average molecular weight is 270 g/mol. The number of nitrogens with one attached hydrogen (secondary N) is 2. The molecule has 0 amide bonds. The first-order valence-corrected chi connectivity index (χ1v) is 7.65. The largest absolute Gasteiger partial charge is 0.365 e. The summed E-state index contributed by atoms with van der Waals surface area (Å²) in [5, 5.41) is 7.21. The van der Waals surface area contributed by atoms with Crippen molar-refractivity contribution in [2.24, 2.45) is 5.92 Å². The van der Waals surface area contributed by atoms with Crippen molar-refractivity contribution in [1.29, 1.82) is 0 Å². The Bertz CT molecular complexity index is 545. The number of hydrogen-bond donors (Lipinski definition) is 2. The van der Waals surface area contributed by atoms with Gasteiger partial charge in [-0.05, 0) is 63.4 Å². The molecule has 4 aliphatic heterocycles. The first-order chi connectivity index (χ1) is 9.73. The molecule has 0 unspecified atom stereocenters. The van der Waals surface area contributed by atoms with Gasteiger partial charge in [-0.3, -0.25) is 0 Å². The van der Waals surface area contributed by atoms with Crippen molar-refractivity contribution in [2.45, 2.75) is 31.7 Å². The zero-order valence-electron chi connectivity index (χ0n) is 12.0. The van der Waals surface area contributed by atoms with Crippen LogP contribution in [0.3, 0.4) is 0 Å². The second-order valence-corrected chi connectivity index (χ2v) is 6.44. The number of pyridine rings is 1. The maximum atomic E-state index is 4.52.